The molecule has 0 amide bonds. The number of aromatic nitrogens is 2. The maximum absolute atomic E-state index is 4.38. The summed E-state index contributed by atoms with van der Waals surface area (Å²) in [5.74, 6) is 0. The minimum atomic E-state index is 0.776. The van der Waals surface area contributed by atoms with Gasteiger partial charge in [-0.1, -0.05) is 17.3 Å². The first-order valence-electron chi connectivity index (χ1n) is 6.69. The van der Waals surface area contributed by atoms with Gasteiger partial charge in [0.2, 0.25) is 5.13 Å². The molecule has 112 valence electrons. The van der Waals surface area contributed by atoms with Crippen molar-refractivity contribution in [3.05, 3.63) is 35.7 Å². The van der Waals surface area contributed by atoms with Crippen LogP contribution in [-0.4, -0.2) is 38.2 Å². The number of azo groups is 1. The summed E-state index contributed by atoms with van der Waals surface area (Å²) in [6.07, 6.45) is 9.11. The van der Waals surface area contributed by atoms with Gasteiger partial charge in [-0.05, 0) is 35.0 Å². The first kappa shape index (κ1) is 15.4. The summed E-state index contributed by atoms with van der Waals surface area (Å²) >= 11 is 1.51. The molecular formula is C14H21N6S+. The number of aryl methyl sites for hydroxylation is 1. The Morgan fingerprint density at radius 3 is 2.48 bits per heavy atom. The number of allylic oxidation sites excluding steroid dienone is 4. The standard InChI is InChI=1S/C14H21N6S/c1-18(2)12-8-6-7-11(9-10-12)15-16-13-20(5)17-14(21-13)19(3)4/h7-10H,6H2,1-5H3/q+1. The molecule has 0 unspecified atom stereocenters. The molecule has 0 atom stereocenters. The Morgan fingerprint density at radius 2 is 1.86 bits per heavy atom. The molecule has 0 spiro atoms. The number of likely N-dealkylation sites (N-methyl/N-ethyl adjacent to an activating group) is 1. The first-order chi connectivity index (χ1) is 9.97. The van der Waals surface area contributed by atoms with E-state index in [0.717, 1.165) is 22.4 Å². The van der Waals surface area contributed by atoms with Crippen molar-refractivity contribution in [2.75, 3.05) is 33.1 Å². The van der Waals surface area contributed by atoms with E-state index in [9.17, 15) is 0 Å². The third kappa shape index (κ3) is 3.98. The predicted molar refractivity (Wildman–Crippen MR) is 85.7 cm³/mol. The number of anilines is 1. The van der Waals surface area contributed by atoms with Crippen LogP contribution in [0.5, 0.6) is 0 Å². The van der Waals surface area contributed by atoms with Crippen molar-refractivity contribution in [1.82, 2.24) is 10.00 Å². The largest absolute Gasteiger partial charge is 0.431 e. The number of hydrogen-bond donors (Lipinski definition) is 0. The van der Waals surface area contributed by atoms with Gasteiger partial charge in [-0.2, -0.15) is 0 Å². The Hall–Kier alpha value is -2.02. The minimum Gasteiger partial charge on any atom is -0.378 e. The lowest BCUT2D eigenvalue weighted by molar-refractivity contribution is -0.712. The van der Waals surface area contributed by atoms with E-state index >= 15 is 0 Å². The normalized spacial score (nSPS) is 14.9. The van der Waals surface area contributed by atoms with Crippen LogP contribution >= 0.6 is 11.3 Å². The lowest BCUT2D eigenvalue weighted by Gasteiger charge is -2.12. The second-order valence-electron chi connectivity index (χ2n) is 5.11. The Bertz CT molecular complexity index is 621. The van der Waals surface area contributed by atoms with E-state index in [-0.39, 0.29) is 0 Å². The van der Waals surface area contributed by atoms with E-state index < -0.39 is 0 Å². The summed E-state index contributed by atoms with van der Waals surface area (Å²) < 4.78 is 1.74. The Kier molecular flexibility index (Phi) is 4.85. The van der Waals surface area contributed by atoms with Crippen molar-refractivity contribution in [2.24, 2.45) is 17.3 Å². The zero-order chi connectivity index (χ0) is 15.4. The van der Waals surface area contributed by atoms with Crippen LogP contribution in [0, 0.1) is 0 Å². The van der Waals surface area contributed by atoms with Crippen LogP contribution < -0.4 is 9.58 Å². The van der Waals surface area contributed by atoms with Gasteiger partial charge in [0.1, 0.15) is 12.7 Å². The molecule has 7 heteroatoms. The minimum absolute atomic E-state index is 0.776. The number of nitrogens with zero attached hydrogens (tertiary/aromatic N) is 6. The molecule has 21 heavy (non-hydrogen) atoms. The monoisotopic (exact) mass is 305 g/mol. The van der Waals surface area contributed by atoms with Crippen LogP contribution in [0.1, 0.15) is 6.42 Å². The van der Waals surface area contributed by atoms with Crippen molar-refractivity contribution in [3.63, 3.8) is 0 Å². The van der Waals surface area contributed by atoms with Gasteiger partial charge in [0.05, 0.1) is 5.11 Å². The quantitative estimate of drug-likeness (QED) is 0.634. The van der Waals surface area contributed by atoms with E-state index in [4.69, 9.17) is 0 Å². The molecule has 1 aromatic heterocycles. The van der Waals surface area contributed by atoms with Gasteiger partial charge in [-0.25, -0.2) is 0 Å². The number of rotatable bonds is 4. The molecule has 6 nitrogen and oxygen atoms in total. The molecule has 0 saturated carbocycles. The van der Waals surface area contributed by atoms with Crippen molar-refractivity contribution >= 4 is 21.6 Å². The average Bonchev–Trinajstić information content (AvgIpc) is 2.65. The average molecular weight is 305 g/mol. The Labute approximate surface area is 129 Å². The maximum atomic E-state index is 4.38. The zero-order valence-corrected chi connectivity index (χ0v) is 13.9. The van der Waals surface area contributed by atoms with E-state index in [1.165, 1.54) is 17.0 Å². The fourth-order valence-corrected chi connectivity index (χ4v) is 2.48. The Morgan fingerprint density at radius 1 is 1.10 bits per heavy atom. The van der Waals surface area contributed by atoms with Gasteiger partial charge in [0, 0.05) is 33.9 Å². The van der Waals surface area contributed by atoms with Crippen LogP contribution in [0.3, 0.4) is 0 Å². The van der Waals surface area contributed by atoms with E-state index in [0.29, 0.717) is 0 Å². The third-order valence-corrected chi connectivity index (χ3v) is 4.08. The lowest BCUT2D eigenvalue weighted by atomic mass is 10.3. The van der Waals surface area contributed by atoms with Crippen molar-refractivity contribution in [1.29, 1.82) is 0 Å². The maximum Gasteiger partial charge on any atom is 0.431 e. The molecule has 1 heterocycles. The molecule has 0 N–H and O–H groups in total. The molecule has 0 saturated heterocycles. The second-order valence-corrected chi connectivity index (χ2v) is 6.04. The highest BCUT2D eigenvalue weighted by Crippen LogP contribution is 2.24. The summed E-state index contributed by atoms with van der Waals surface area (Å²) in [4.78, 5) is 4.04. The third-order valence-electron chi connectivity index (χ3n) is 2.92. The molecule has 2 rings (SSSR count). The van der Waals surface area contributed by atoms with E-state index in [1.54, 1.807) is 4.68 Å². The van der Waals surface area contributed by atoms with Crippen LogP contribution in [-0.2, 0) is 7.05 Å². The Balaban J connectivity index is 2.12. The van der Waals surface area contributed by atoms with Crippen molar-refractivity contribution < 1.29 is 4.68 Å². The molecular weight excluding hydrogens is 284 g/mol. The molecule has 0 fully saturated rings. The molecule has 0 aliphatic heterocycles. The van der Waals surface area contributed by atoms with Crippen LogP contribution in [0.4, 0.5) is 10.3 Å². The van der Waals surface area contributed by atoms with Gasteiger partial charge >= 0.3 is 5.13 Å². The SMILES string of the molecule is CN(C)C1=CCC=C(N=Nc2sc(N(C)C)n[n+]2C)C=C1. The van der Waals surface area contributed by atoms with Crippen LogP contribution in [0.25, 0.3) is 0 Å². The zero-order valence-electron chi connectivity index (χ0n) is 13.1. The summed E-state index contributed by atoms with van der Waals surface area (Å²) in [5.41, 5.74) is 2.04. The fraction of sp³-hybridized carbons (Fsp3) is 0.429. The molecule has 1 aliphatic carbocycles. The van der Waals surface area contributed by atoms with Crippen molar-refractivity contribution in [2.45, 2.75) is 6.42 Å². The molecule has 0 bridgehead atoms. The first-order valence-corrected chi connectivity index (χ1v) is 7.51. The van der Waals surface area contributed by atoms with Gasteiger partial charge in [0.15, 0.2) is 0 Å². The lowest BCUT2D eigenvalue weighted by Crippen LogP contribution is -2.30. The highest BCUT2D eigenvalue weighted by Gasteiger charge is 2.16. The smallest absolute Gasteiger partial charge is 0.378 e. The topological polar surface area (TPSA) is 48.0 Å². The molecule has 0 radical (unpaired) electrons. The van der Waals surface area contributed by atoms with Crippen molar-refractivity contribution in [3.8, 4) is 0 Å². The van der Waals surface area contributed by atoms with Gasteiger partial charge in [-0.3, -0.25) is 0 Å². The summed E-state index contributed by atoms with van der Waals surface area (Å²) in [6, 6.07) is 0. The van der Waals surface area contributed by atoms with E-state index in [2.05, 4.69) is 38.5 Å². The predicted octanol–water partition coefficient (Wildman–Crippen LogP) is 2.41. The number of hydrogen-bond acceptors (Lipinski definition) is 6. The van der Waals surface area contributed by atoms with Gasteiger partial charge < -0.3 is 9.80 Å². The van der Waals surface area contributed by atoms with Crippen LogP contribution in [0.15, 0.2) is 45.9 Å². The fourth-order valence-electron chi connectivity index (χ4n) is 1.72. The molecule has 1 aromatic rings. The van der Waals surface area contributed by atoms with Crippen LogP contribution in [0.2, 0.25) is 0 Å². The van der Waals surface area contributed by atoms with Gasteiger partial charge in [0.25, 0.3) is 0 Å². The van der Waals surface area contributed by atoms with Gasteiger partial charge in [-0.15, -0.1) is 4.68 Å². The summed E-state index contributed by atoms with van der Waals surface area (Å²) in [5, 5.41) is 14.7. The highest BCUT2D eigenvalue weighted by molar-refractivity contribution is 7.18. The molecule has 0 aromatic carbocycles. The molecule has 1 aliphatic rings. The summed E-state index contributed by atoms with van der Waals surface area (Å²) in [7, 11) is 9.86. The second kappa shape index (κ2) is 6.62. The summed E-state index contributed by atoms with van der Waals surface area (Å²) in [6.45, 7) is 0. The van der Waals surface area contributed by atoms with E-state index in [1.807, 2.05) is 46.2 Å². The highest BCUT2D eigenvalue weighted by atomic mass is 32.1.